The fourth-order valence-electron chi connectivity index (χ4n) is 3.21. The third kappa shape index (κ3) is 4.98. The monoisotopic (exact) mass is 360 g/mol. The van der Waals surface area contributed by atoms with Gasteiger partial charge in [0.1, 0.15) is 12.4 Å². The number of aryl methyl sites for hydroxylation is 3. The van der Waals surface area contributed by atoms with E-state index in [4.69, 9.17) is 9.84 Å². The molecular weight excluding hydrogens is 336 g/mol. The summed E-state index contributed by atoms with van der Waals surface area (Å²) in [4.78, 5) is 10.6. The Labute approximate surface area is 160 Å². The van der Waals surface area contributed by atoms with E-state index in [-0.39, 0.29) is 6.42 Å². The van der Waals surface area contributed by atoms with Gasteiger partial charge in [0.25, 0.3) is 0 Å². The molecule has 3 nitrogen and oxygen atoms in total. The Morgan fingerprint density at radius 2 is 1.44 bits per heavy atom. The highest BCUT2D eigenvalue weighted by Gasteiger charge is 2.05. The number of carboxylic acids is 1. The Morgan fingerprint density at radius 3 is 2.04 bits per heavy atom. The number of hydrogen-bond acceptors (Lipinski definition) is 2. The van der Waals surface area contributed by atoms with Crippen molar-refractivity contribution in [3.8, 4) is 16.9 Å². The molecule has 0 aliphatic carbocycles. The smallest absolute Gasteiger partial charge is 0.303 e. The first-order valence-electron chi connectivity index (χ1n) is 9.12. The van der Waals surface area contributed by atoms with Crippen molar-refractivity contribution in [2.45, 2.75) is 33.3 Å². The first-order valence-corrected chi connectivity index (χ1v) is 9.12. The van der Waals surface area contributed by atoms with Crippen LogP contribution in [-0.4, -0.2) is 11.1 Å². The van der Waals surface area contributed by atoms with Crippen molar-refractivity contribution in [3.63, 3.8) is 0 Å². The van der Waals surface area contributed by atoms with Gasteiger partial charge >= 0.3 is 5.97 Å². The number of carbonyl (C=O) groups is 1. The topological polar surface area (TPSA) is 46.5 Å². The van der Waals surface area contributed by atoms with Gasteiger partial charge in [-0.2, -0.15) is 0 Å². The van der Waals surface area contributed by atoms with Gasteiger partial charge in [-0.3, -0.25) is 4.79 Å². The summed E-state index contributed by atoms with van der Waals surface area (Å²) in [6.45, 7) is 4.78. The molecule has 0 radical (unpaired) electrons. The van der Waals surface area contributed by atoms with Crippen LogP contribution in [0.15, 0.2) is 66.7 Å². The molecule has 0 spiro atoms. The molecule has 0 bridgehead atoms. The molecule has 0 fully saturated rings. The third-order valence-electron chi connectivity index (χ3n) is 4.68. The van der Waals surface area contributed by atoms with Crippen molar-refractivity contribution in [2.24, 2.45) is 0 Å². The number of aliphatic carboxylic acids is 1. The number of ether oxygens (including phenoxy) is 1. The molecule has 27 heavy (non-hydrogen) atoms. The average Bonchev–Trinajstić information content (AvgIpc) is 2.66. The SMILES string of the molecule is Cc1cccc(C)c1-c1ccc(COc2ccc(CCC(=O)O)cc2)cc1. The van der Waals surface area contributed by atoms with Gasteiger partial charge in [-0.15, -0.1) is 0 Å². The highest BCUT2D eigenvalue weighted by Crippen LogP contribution is 2.27. The van der Waals surface area contributed by atoms with Gasteiger partial charge in [0.15, 0.2) is 0 Å². The number of hydrogen-bond donors (Lipinski definition) is 1. The Balaban J connectivity index is 1.61. The minimum Gasteiger partial charge on any atom is -0.489 e. The van der Waals surface area contributed by atoms with Gasteiger partial charge in [-0.25, -0.2) is 0 Å². The number of carboxylic acid groups (broad SMARTS) is 1. The summed E-state index contributed by atoms with van der Waals surface area (Å²) in [6.07, 6.45) is 0.683. The highest BCUT2D eigenvalue weighted by atomic mass is 16.5. The molecular formula is C24H24O3. The Hall–Kier alpha value is -3.07. The standard InChI is InChI=1S/C24H24O3/c1-17-4-3-5-18(2)24(17)21-11-6-20(7-12-21)16-27-22-13-8-19(9-14-22)10-15-23(25)26/h3-9,11-14H,10,15-16H2,1-2H3,(H,25,26). The summed E-state index contributed by atoms with van der Waals surface area (Å²) < 4.78 is 5.85. The fourth-order valence-corrected chi connectivity index (χ4v) is 3.21. The molecule has 0 aromatic heterocycles. The van der Waals surface area contributed by atoms with Crippen molar-refractivity contribution >= 4 is 5.97 Å². The van der Waals surface area contributed by atoms with Crippen LogP contribution in [0.2, 0.25) is 0 Å². The normalized spacial score (nSPS) is 10.6. The minimum atomic E-state index is -0.778. The van der Waals surface area contributed by atoms with Gasteiger partial charge in [0.2, 0.25) is 0 Å². The van der Waals surface area contributed by atoms with E-state index in [0.29, 0.717) is 13.0 Å². The van der Waals surface area contributed by atoms with E-state index in [9.17, 15) is 4.79 Å². The van der Waals surface area contributed by atoms with E-state index in [2.05, 4.69) is 56.3 Å². The van der Waals surface area contributed by atoms with E-state index >= 15 is 0 Å². The van der Waals surface area contributed by atoms with Gasteiger partial charge in [0.05, 0.1) is 0 Å². The van der Waals surface area contributed by atoms with Crippen molar-refractivity contribution in [2.75, 3.05) is 0 Å². The van der Waals surface area contributed by atoms with Crippen LogP contribution in [0.25, 0.3) is 11.1 Å². The Bertz CT molecular complexity index is 889. The fraction of sp³-hybridized carbons (Fsp3) is 0.208. The second kappa shape index (κ2) is 8.54. The quantitative estimate of drug-likeness (QED) is 0.599. The summed E-state index contributed by atoms with van der Waals surface area (Å²) in [5, 5.41) is 8.74. The van der Waals surface area contributed by atoms with Crippen molar-refractivity contribution in [1.29, 1.82) is 0 Å². The van der Waals surface area contributed by atoms with Crippen LogP contribution in [0.4, 0.5) is 0 Å². The van der Waals surface area contributed by atoms with Crippen molar-refractivity contribution < 1.29 is 14.6 Å². The van der Waals surface area contributed by atoms with Crippen LogP contribution in [-0.2, 0) is 17.8 Å². The van der Waals surface area contributed by atoms with E-state index in [1.54, 1.807) is 0 Å². The lowest BCUT2D eigenvalue weighted by Crippen LogP contribution is -1.98. The molecule has 0 amide bonds. The first kappa shape index (κ1) is 18.7. The van der Waals surface area contributed by atoms with E-state index < -0.39 is 5.97 Å². The van der Waals surface area contributed by atoms with Crippen LogP contribution in [0.5, 0.6) is 5.75 Å². The zero-order chi connectivity index (χ0) is 19.2. The Kier molecular flexibility index (Phi) is 5.92. The molecule has 3 aromatic rings. The first-order chi connectivity index (χ1) is 13.0. The highest BCUT2D eigenvalue weighted by molar-refractivity contribution is 5.70. The summed E-state index contributed by atoms with van der Waals surface area (Å²) in [5.41, 5.74) is 7.19. The van der Waals surface area contributed by atoms with Gasteiger partial charge < -0.3 is 9.84 Å². The van der Waals surface area contributed by atoms with Crippen molar-refractivity contribution in [3.05, 3.63) is 89.0 Å². The molecule has 0 unspecified atom stereocenters. The number of benzene rings is 3. The van der Waals surface area contributed by atoms with Gasteiger partial charge in [0, 0.05) is 6.42 Å². The molecule has 0 saturated carbocycles. The summed E-state index contributed by atoms with van der Waals surface area (Å²) in [7, 11) is 0. The summed E-state index contributed by atoms with van der Waals surface area (Å²) >= 11 is 0. The van der Waals surface area contributed by atoms with Crippen LogP contribution in [0, 0.1) is 13.8 Å². The largest absolute Gasteiger partial charge is 0.489 e. The molecule has 0 aliphatic rings. The van der Waals surface area contributed by atoms with Gasteiger partial charge in [-0.1, -0.05) is 54.6 Å². The minimum absolute atomic E-state index is 0.146. The maximum atomic E-state index is 10.6. The molecule has 3 rings (SSSR count). The van der Waals surface area contributed by atoms with Crippen LogP contribution < -0.4 is 4.74 Å². The summed E-state index contributed by atoms with van der Waals surface area (Å²) in [5.74, 6) is 0.00700. The van der Waals surface area contributed by atoms with Crippen molar-refractivity contribution in [1.82, 2.24) is 0 Å². The maximum Gasteiger partial charge on any atom is 0.303 e. The third-order valence-corrected chi connectivity index (χ3v) is 4.68. The van der Waals surface area contributed by atoms with Gasteiger partial charge in [-0.05, 0) is 65.8 Å². The second-order valence-electron chi connectivity index (χ2n) is 6.79. The zero-order valence-electron chi connectivity index (χ0n) is 15.7. The van der Waals surface area contributed by atoms with Crippen LogP contribution >= 0.6 is 0 Å². The average molecular weight is 360 g/mol. The lowest BCUT2D eigenvalue weighted by molar-refractivity contribution is -0.136. The molecule has 0 heterocycles. The second-order valence-corrected chi connectivity index (χ2v) is 6.79. The Morgan fingerprint density at radius 1 is 0.852 bits per heavy atom. The lowest BCUT2D eigenvalue weighted by atomic mass is 9.95. The molecule has 3 heteroatoms. The van der Waals surface area contributed by atoms with E-state index in [0.717, 1.165) is 16.9 Å². The molecule has 0 atom stereocenters. The zero-order valence-corrected chi connectivity index (χ0v) is 15.7. The molecule has 0 aliphatic heterocycles. The molecule has 1 N–H and O–H groups in total. The summed E-state index contributed by atoms with van der Waals surface area (Å²) in [6, 6.07) is 22.5. The van der Waals surface area contributed by atoms with E-state index in [1.165, 1.54) is 22.3 Å². The molecule has 138 valence electrons. The predicted octanol–water partition coefficient (Wildman–Crippen LogP) is 5.57. The van der Waals surface area contributed by atoms with E-state index in [1.807, 2.05) is 24.3 Å². The lowest BCUT2D eigenvalue weighted by Gasteiger charge is -2.11. The maximum absolute atomic E-state index is 10.6. The number of rotatable bonds is 7. The van der Waals surface area contributed by atoms with Crippen LogP contribution in [0.3, 0.4) is 0 Å². The predicted molar refractivity (Wildman–Crippen MR) is 108 cm³/mol. The van der Waals surface area contributed by atoms with Crippen LogP contribution in [0.1, 0.15) is 28.7 Å². The molecule has 0 saturated heterocycles. The molecule has 3 aromatic carbocycles.